The largest absolute Gasteiger partial charge is 0.443 e. The first-order chi connectivity index (χ1) is 13.2. The van der Waals surface area contributed by atoms with E-state index in [1.807, 2.05) is 45.0 Å². The Kier molecular flexibility index (Phi) is 4.40. The second kappa shape index (κ2) is 6.65. The molecule has 3 heterocycles. The van der Waals surface area contributed by atoms with Gasteiger partial charge in [-0.05, 0) is 45.2 Å². The fourth-order valence-corrected chi connectivity index (χ4v) is 4.07. The van der Waals surface area contributed by atoms with E-state index in [1.165, 1.54) is 4.57 Å². The van der Waals surface area contributed by atoms with Gasteiger partial charge in [-0.25, -0.2) is 4.79 Å². The molecule has 7 heteroatoms. The Bertz CT molecular complexity index is 956. The second-order valence-electron chi connectivity index (χ2n) is 8.48. The number of para-hydroxylation sites is 1. The van der Waals surface area contributed by atoms with E-state index in [4.69, 9.17) is 4.74 Å². The number of piperazine rings is 1. The highest BCUT2D eigenvalue weighted by Gasteiger charge is 2.43. The molecular formula is C21H25N3O4. The van der Waals surface area contributed by atoms with Crippen molar-refractivity contribution in [2.75, 3.05) is 6.54 Å². The van der Waals surface area contributed by atoms with Crippen LogP contribution in [-0.4, -0.2) is 51.6 Å². The summed E-state index contributed by atoms with van der Waals surface area (Å²) < 4.78 is 6.99. The van der Waals surface area contributed by atoms with Crippen molar-refractivity contribution in [3.63, 3.8) is 0 Å². The highest BCUT2D eigenvalue weighted by Crippen LogP contribution is 2.27. The number of hydrogen-bond acceptors (Lipinski definition) is 4. The highest BCUT2D eigenvalue weighted by molar-refractivity contribution is 5.98. The number of carbonyl (C=O) groups is 3. The van der Waals surface area contributed by atoms with Gasteiger partial charge in [0.15, 0.2) is 0 Å². The van der Waals surface area contributed by atoms with E-state index < -0.39 is 17.7 Å². The van der Waals surface area contributed by atoms with Gasteiger partial charge in [-0.2, -0.15) is 0 Å². The maximum absolute atomic E-state index is 12.8. The summed E-state index contributed by atoms with van der Waals surface area (Å²) in [4.78, 5) is 39.5. The molecule has 28 heavy (non-hydrogen) atoms. The van der Waals surface area contributed by atoms with Crippen LogP contribution in [0.4, 0.5) is 4.79 Å². The van der Waals surface area contributed by atoms with Gasteiger partial charge in [0.25, 0.3) is 0 Å². The Hall–Kier alpha value is -2.83. The molecule has 1 N–H and O–H groups in total. The van der Waals surface area contributed by atoms with Gasteiger partial charge in [0, 0.05) is 24.5 Å². The molecule has 0 spiro atoms. The van der Waals surface area contributed by atoms with Gasteiger partial charge in [0.1, 0.15) is 17.7 Å². The predicted molar refractivity (Wildman–Crippen MR) is 104 cm³/mol. The number of carbonyl (C=O) groups excluding carboxylic acids is 3. The minimum Gasteiger partial charge on any atom is -0.443 e. The zero-order valence-corrected chi connectivity index (χ0v) is 16.4. The van der Waals surface area contributed by atoms with Crippen molar-refractivity contribution < 1.29 is 19.1 Å². The molecule has 1 aromatic carbocycles. The lowest BCUT2D eigenvalue weighted by molar-refractivity contribution is -0.146. The lowest BCUT2D eigenvalue weighted by atomic mass is 10.0. The molecule has 4 rings (SSSR count). The summed E-state index contributed by atoms with van der Waals surface area (Å²) in [7, 11) is 0. The quantitative estimate of drug-likeness (QED) is 0.864. The molecule has 0 radical (unpaired) electrons. The fraction of sp³-hybridized carbons (Fsp3) is 0.476. The van der Waals surface area contributed by atoms with Gasteiger partial charge < -0.3 is 15.0 Å². The molecule has 2 aliphatic heterocycles. The number of nitrogens with zero attached hydrogens (tertiary/aromatic N) is 2. The molecule has 2 saturated heterocycles. The van der Waals surface area contributed by atoms with Crippen molar-refractivity contribution in [2.24, 2.45) is 0 Å². The molecule has 2 aromatic rings. The van der Waals surface area contributed by atoms with E-state index in [0.29, 0.717) is 13.0 Å². The molecule has 2 atom stereocenters. The third kappa shape index (κ3) is 3.25. The van der Waals surface area contributed by atoms with Crippen molar-refractivity contribution in [1.82, 2.24) is 14.8 Å². The normalized spacial score (nSPS) is 22.3. The average Bonchev–Trinajstić information content (AvgIpc) is 3.24. The molecule has 1 aromatic heterocycles. The van der Waals surface area contributed by atoms with Crippen LogP contribution in [0.2, 0.25) is 0 Å². The first kappa shape index (κ1) is 18.5. The standard InChI is InChI=1S/C21H25N3O4/c1-21(2,3)28-20(27)24-12-13(14-7-4-5-8-16(14)24)11-15-19(26)23-10-6-9-17(23)18(25)22-15/h4-5,7-8,12,15,17H,6,9-11H2,1-3H3,(H,22,25)/t15-,17-/m0/s1. The summed E-state index contributed by atoms with van der Waals surface area (Å²) in [6.45, 7) is 6.09. The molecule has 7 nitrogen and oxygen atoms in total. The van der Waals surface area contributed by atoms with Gasteiger partial charge in [-0.15, -0.1) is 0 Å². The average molecular weight is 383 g/mol. The fourth-order valence-electron chi connectivity index (χ4n) is 4.07. The van der Waals surface area contributed by atoms with Gasteiger partial charge in [-0.3, -0.25) is 14.2 Å². The van der Waals surface area contributed by atoms with E-state index in [2.05, 4.69) is 5.32 Å². The van der Waals surface area contributed by atoms with Crippen LogP contribution >= 0.6 is 0 Å². The van der Waals surface area contributed by atoms with Crippen LogP contribution < -0.4 is 5.32 Å². The monoisotopic (exact) mass is 383 g/mol. The summed E-state index contributed by atoms with van der Waals surface area (Å²) in [5.74, 6) is -0.130. The van der Waals surface area contributed by atoms with Crippen molar-refractivity contribution in [1.29, 1.82) is 0 Å². The van der Waals surface area contributed by atoms with Crippen LogP contribution in [-0.2, 0) is 20.7 Å². The Labute approximate surface area is 163 Å². The smallest absolute Gasteiger partial charge is 0.419 e. The zero-order valence-electron chi connectivity index (χ0n) is 16.4. The second-order valence-corrected chi connectivity index (χ2v) is 8.48. The summed E-state index contributed by atoms with van der Waals surface area (Å²) in [5, 5.41) is 3.75. The van der Waals surface area contributed by atoms with E-state index in [1.54, 1.807) is 11.1 Å². The molecule has 0 saturated carbocycles. The molecular weight excluding hydrogens is 358 g/mol. The molecule has 2 fully saturated rings. The lowest BCUT2D eigenvalue weighted by Crippen LogP contribution is -2.61. The van der Waals surface area contributed by atoms with Crippen LogP contribution in [0, 0.1) is 0 Å². The maximum atomic E-state index is 12.8. The lowest BCUT2D eigenvalue weighted by Gasteiger charge is -2.34. The van der Waals surface area contributed by atoms with E-state index in [9.17, 15) is 14.4 Å². The number of ether oxygens (including phenoxy) is 1. The number of nitrogens with one attached hydrogen (secondary N) is 1. The number of aromatic nitrogens is 1. The summed E-state index contributed by atoms with van der Waals surface area (Å²) in [6, 6.07) is 6.57. The van der Waals surface area contributed by atoms with E-state index in [-0.39, 0.29) is 17.9 Å². The number of hydrogen-bond donors (Lipinski definition) is 1. The predicted octanol–water partition coefficient (Wildman–Crippen LogP) is 2.46. The first-order valence-electron chi connectivity index (χ1n) is 9.68. The van der Waals surface area contributed by atoms with Crippen LogP contribution in [0.1, 0.15) is 39.2 Å². The number of rotatable bonds is 2. The maximum Gasteiger partial charge on any atom is 0.419 e. The topological polar surface area (TPSA) is 80.6 Å². The van der Waals surface area contributed by atoms with E-state index in [0.717, 1.165) is 29.3 Å². The summed E-state index contributed by atoms with van der Waals surface area (Å²) in [5.41, 5.74) is 0.943. The number of fused-ring (bicyclic) bond motifs is 2. The van der Waals surface area contributed by atoms with Crippen molar-refractivity contribution in [2.45, 2.75) is 57.7 Å². The molecule has 0 aliphatic carbocycles. The summed E-state index contributed by atoms with van der Waals surface area (Å²) >= 11 is 0. The third-order valence-electron chi connectivity index (χ3n) is 5.26. The molecule has 2 aliphatic rings. The number of amides is 2. The van der Waals surface area contributed by atoms with Crippen LogP contribution in [0.3, 0.4) is 0 Å². The minimum atomic E-state index is -0.611. The van der Waals surface area contributed by atoms with Gasteiger partial charge in [0.2, 0.25) is 11.8 Å². The number of benzene rings is 1. The Morgan fingerprint density at radius 3 is 2.75 bits per heavy atom. The molecule has 148 valence electrons. The van der Waals surface area contributed by atoms with Gasteiger partial charge in [0.05, 0.1) is 5.52 Å². The van der Waals surface area contributed by atoms with Crippen molar-refractivity contribution in [3.8, 4) is 0 Å². The Morgan fingerprint density at radius 1 is 1.25 bits per heavy atom. The van der Waals surface area contributed by atoms with Gasteiger partial charge >= 0.3 is 6.09 Å². The Balaban J connectivity index is 1.65. The molecule has 0 bridgehead atoms. The van der Waals surface area contributed by atoms with Crippen LogP contribution in [0.15, 0.2) is 30.5 Å². The molecule has 0 unspecified atom stereocenters. The Morgan fingerprint density at radius 2 is 2.00 bits per heavy atom. The highest BCUT2D eigenvalue weighted by atomic mass is 16.6. The van der Waals surface area contributed by atoms with Crippen molar-refractivity contribution >= 4 is 28.8 Å². The van der Waals surface area contributed by atoms with Crippen molar-refractivity contribution in [3.05, 3.63) is 36.0 Å². The third-order valence-corrected chi connectivity index (χ3v) is 5.26. The zero-order chi connectivity index (χ0) is 20.1. The SMILES string of the molecule is CC(C)(C)OC(=O)n1cc(C[C@@H]2NC(=O)[C@@H]3CCCN3C2=O)c2ccccc21. The summed E-state index contributed by atoms with van der Waals surface area (Å²) in [6.07, 6.45) is 3.17. The van der Waals surface area contributed by atoms with Crippen LogP contribution in [0.25, 0.3) is 10.9 Å². The molecule has 2 amide bonds. The minimum absolute atomic E-state index is 0.0452. The first-order valence-corrected chi connectivity index (χ1v) is 9.68. The van der Waals surface area contributed by atoms with Gasteiger partial charge in [-0.1, -0.05) is 18.2 Å². The van der Waals surface area contributed by atoms with Crippen LogP contribution in [0.5, 0.6) is 0 Å². The van der Waals surface area contributed by atoms with E-state index >= 15 is 0 Å².